The second-order valence-corrected chi connectivity index (χ2v) is 6.94. The summed E-state index contributed by atoms with van der Waals surface area (Å²) < 4.78 is 2.97. The summed E-state index contributed by atoms with van der Waals surface area (Å²) in [6.07, 6.45) is 1.90. The lowest BCUT2D eigenvalue weighted by Gasteiger charge is -2.00. The summed E-state index contributed by atoms with van der Waals surface area (Å²) in [5.41, 5.74) is 2.60. The van der Waals surface area contributed by atoms with Gasteiger partial charge in [-0.2, -0.15) is 0 Å². The Labute approximate surface area is 110 Å². The first-order valence-electron chi connectivity index (χ1n) is 5.55. The number of hydrogen-bond acceptors (Lipinski definition) is 1. The zero-order chi connectivity index (χ0) is 11.2. The Bertz CT molecular complexity index is 734. The van der Waals surface area contributed by atoms with Gasteiger partial charge in [0.1, 0.15) is 5.69 Å². The smallest absolute Gasteiger partial charge is 0.251 e. The van der Waals surface area contributed by atoms with Crippen LogP contribution in [0.5, 0.6) is 0 Å². The highest BCUT2D eigenvalue weighted by Crippen LogP contribution is 2.28. The fourth-order valence-corrected chi connectivity index (χ4v) is 5.17. The van der Waals surface area contributed by atoms with Crippen molar-refractivity contribution in [2.75, 3.05) is 0 Å². The molecule has 4 rings (SSSR count). The Morgan fingerprint density at radius 3 is 2.76 bits per heavy atom. The number of aromatic nitrogens is 1. The van der Waals surface area contributed by atoms with Crippen molar-refractivity contribution in [2.45, 2.75) is 0 Å². The molecule has 17 heavy (non-hydrogen) atoms. The summed E-state index contributed by atoms with van der Waals surface area (Å²) in [5.74, 6) is 0. The van der Waals surface area contributed by atoms with Crippen LogP contribution in [-0.4, -0.2) is 4.98 Å². The molecule has 0 bridgehead atoms. The number of rotatable bonds is 0. The Balaban J connectivity index is 2.17. The van der Waals surface area contributed by atoms with Crippen LogP contribution in [0.15, 0.2) is 54.7 Å². The summed E-state index contributed by atoms with van der Waals surface area (Å²) in [4.78, 5) is 4.58. The molecule has 80 valence electrons. The third-order valence-corrected chi connectivity index (χ3v) is 6.01. The van der Waals surface area contributed by atoms with Crippen LogP contribution in [0.1, 0.15) is 0 Å². The average molecular weight is 330 g/mol. The van der Waals surface area contributed by atoms with Gasteiger partial charge in [-0.3, -0.25) is 4.98 Å². The van der Waals surface area contributed by atoms with Gasteiger partial charge >= 0.3 is 21.2 Å². The topological polar surface area (TPSA) is 12.9 Å². The Hall–Kier alpha value is -1.42. The fraction of sp³-hybridized carbons (Fsp3) is 0. The van der Waals surface area contributed by atoms with Gasteiger partial charge in [0.25, 0.3) is 0 Å². The van der Waals surface area contributed by atoms with Gasteiger partial charge in [-0.05, 0) is 35.0 Å². The molecule has 3 aromatic rings. The Morgan fingerprint density at radius 2 is 1.76 bits per heavy atom. The molecule has 2 heteroatoms. The summed E-state index contributed by atoms with van der Waals surface area (Å²) in [7, 11) is 0. The highest BCUT2D eigenvalue weighted by molar-refractivity contribution is 5.95. The molecular weight excluding hydrogens is 321 g/mol. The lowest BCUT2D eigenvalue weighted by Crippen LogP contribution is -3.61. The maximum Gasteiger partial charge on any atom is 0.361 e. The van der Waals surface area contributed by atoms with Gasteiger partial charge in [0.2, 0.25) is 7.14 Å². The summed E-state index contributed by atoms with van der Waals surface area (Å²) >= 11 is -0.0346. The van der Waals surface area contributed by atoms with E-state index < -0.39 is 0 Å². The van der Waals surface area contributed by atoms with Gasteiger partial charge in [-0.1, -0.05) is 24.3 Å². The van der Waals surface area contributed by atoms with Crippen molar-refractivity contribution in [3.63, 3.8) is 0 Å². The molecule has 2 heterocycles. The van der Waals surface area contributed by atoms with Gasteiger partial charge in [-0.15, -0.1) is 0 Å². The molecule has 1 aliphatic heterocycles. The van der Waals surface area contributed by atoms with Gasteiger partial charge in [0.05, 0.1) is 5.56 Å². The van der Waals surface area contributed by atoms with E-state index in [2.05, 4.69) is 47.4 Å². The molecule has 0 saturated heterocycles. The molecule has 1 nitrogen and oxygen atoms in total. The normalized spacial score (nSPS) is 12.5. The van der Waals surface area contributed by atoms with Crippen LogP contribution in [0.4, 0.5) is 0 Å². The monoisotopic (exact) mass is 330 g/mol. The van der Waals surface area contributed by atoms with Crippen molar-refractivity contribution in [2.24, 2.45) is 0 Å². The van der Waals surface area contributed by atoms with Crippen LogP contribution in [0, 0.1) is 7.14 Å². The third-order valence-electron chi connectivity index (χ3n) is 3.08. The van der Waals surface area contributed by atoms with E-state index in [0.29, 0.717) is 0 Å². The van der Waals surface area contributed by atoms with Gasteiger partial charge in [0, 0.05) is 6.20 Å². The predicted molar refractivity (Wildman–Crippen MR) is 64.6 cm³/mol. The lowest BCUT2D eigenvalue weighted by atomic mass is 10.0. The number of nitrogens with zero attached hydrogens (tertiary/aromatic N) is 1. The maximum absolute atomic E-state index is 4.58. The quantitative estimate of drug-likeness (QED) is 0.424. The minimum absolute atomic E-state index is 0.0346. The zero-order valence-corrected chi connectivity index (χ0v) is 11.2. The van der Waals surface area contributed by atoms with Crippen LogP contribution in [-0.2, 0) is 0 Å². The molecule has 0 unspecified atom stereocenters. The molecule has 0 atom stereocenters. The molecule has 0 N–H and O–H groups in total. The molecule has 1 aromatic heterocycles. The first-order valence-corrected chi connectivity index (χ1v) is 7.71. The van der Waals surface area contributed by atoms with Gasteiger partial charge in [0.15, 0.2) is 0 Å². The number of pyridine rings is 1. The largest absolute Gasteiger partial charge is 0.361 e. The Kier molecular flexibility index (Phi) is 1.99. The standard InChI is InChI=1S/C15H9IN/c1-2-5-11-10(4-1)7-8-12-14(11)15-13(16-12)6-3-9-17-15/h1-9H/q+1. The average Bonchev–Trinajstić information content (AvgIpc) is 2.77. The van der Waals surface area contributed by atoms with Crippen LogP contribution >= 0.6 is 0 Å². The molecule has 1 aliphatic rings. The molecule has 0 spiro atoms. The van der Waals surface area contributed by atoms with E-state index in [-0.39, 0.29) is 21.2 Å². The SMILES string of the molecule is c1cnc2c(c1)[I+]c1ccc3ccccc3c1-2. The van der Waals surface area contributed by atoms with E-state index in [4.69, 9.17) is 0 Å². The van der Waals surface area contributed by atoms with Crippen molar-refractivity contribution in [1.29, 1.82) is 0 Å². The number of halogens is 1. The first-order chi connectivity index (χ1) is 8.43. The van der Waals surface area contributed by atoms with E-state index in [1.807, 2.05) is 12.3 Å². The second-order valence-electron chi connectivity index (χ2n) is 4.07. The summed E-state index contributed by atoms with van der Waals surface area (Å²) in [5, 5.41) is 2.66. The molecule has 0 amide bonds. The van der Waals surface area contributed by atoms with Crippen LogP contribution < -0.4 is 21.2 Å². The van der Waals surface area contributed by atoms with Crippen LogP contribution in [0.3, 0.4) is 0 Å². The van der Waals surface area contributed by atoms with Crippen molar-refractivity contribution in [1.82, 2.24) is 4.98 Å². The fourth-order valence-electron chi connectivity index (χ4n) is 2.32. The van der Waals surface area contributed by atoms with Crippen molar-refractivity contribution >= 4 is 10.8 Å². The molecular formula is C15H9IN+. The molecule has 0 fully saturated rings. The summed E-state index contributed by atoms with van der Waals surface area (Å²) in [6.45, 7) is 0. The van der Waals surface area contributed by atoms with Crippen molar-refractivity contribution < 1.29 is 21.2 Å². The Morgan fingerprint density at radius 1 is 0.824 bits per heavy atom. The number of fused-ring (bicyclic) bond motifs is 5. The van der Waals surface area contributed by atoms with E-state index >= 15 is 0 Å². The van der Waals surface area contributed by atoms with E-state index in [0.717, 1.165) is 0 Å². The predicted octanol–water partition coefficient (Wildman–Crippen LogP) is 0.344. The molecule has 0 radical (unpaired) electrons. The lowest BCUT2D eigenvalue weighted by molar-refractivity contribution is -0.590. The number of hydrogen-bond donors (Lipinski definition) is 0. The molecule has 2 aromatic carbocycles. The molecule has 0 aliphatic carbocycles. The number of benzene rings is 2. The van der Waals surface area contributed by atoms with E-state index in [1.165, 1.54) is 29.2 Å². The first kappa shape index (κ1) is 9.59. The van der Waals surface area contributed by atoms with Gasteiger partial charge < -0.3 is 0 Å². The van der Waals surface area contributed by atoms with Crippen LogP contribution in [0.25, 0.3) is 22.0 Å². The molecule has 0 saturated carbocycles. The minimum atomic E-state index is -0.0346. The maximum atomic E-state index is 4.58. The van der Waals surface area contributed by atoms with E-state index in [9.17, 15) is 0 Å². The van der Waals surface area contributed by atoms with E-state index in [1.54, 1.807) is 0 Å². The van der Waals surface area contributed by atoms with Crippen molar-refractivity contribution in [3.8, 4) is 11.3 Å². The van der Waals surface area contributed by atoms with Crippen LogP contribution in [0.2, 0.25) is 0 Å². The van der Waals surface area contributed by atoms with Gasteiger partial charge in [-0.25, -0.2) is 0 Å². The minimum Gasteiger partial charge on any atom is -0.251 e. The third kappa shape index (κ3) is 1.33. The highest BCUT2D eigenvalue weighted by atomic mass is 127. The van der Waals surface area contributed by atoms with Crippen molar-refractivity contribution in [3.05, 3.63) is 61.9 Å². The second kappa shape index (κ2) is 3.53. The highest BCUT2D eigenvalue weighted by Gasteiger charge is 2.35. The zero-order valence-electron chi connectivity index (χ0n) is 9.02. The summed E-state index contributed by atoms with van der Waals surface area (Å²) in [6, 6.07) is 17.4.